The first-order chi connectivity index (χ1) is 22.9. The SMILES string of the molecule is COC(CC[C@@]1([C@@]2(O)CC[C@H](O[Si](C)(C)C(C)(C)C)[C@@H]2/C=C(\CCO[Si](c2ccccc2)(c2ccccc2)C(C)(C)C)C(C)C)CO1)OC. The normalized spacial score (nSPS) is 25.4. The quantitative estimate of drug-likeness (QED) is 0.0820. The molecule has 6 nitrogen and oxygen atoms in total. The second kappa shape index (κ2) is 15.5. The van der Waals surface area contributed by atoms with Crippen molar-refractivity contribution in [1.29, 1.82) is 0 Å². The largest absolute Gasteiger partial charge is 0.413 e. The average molecular weight is 711 g/mol. The molecule has 0 amide bonds. The summed E-state index contributed by atoms with van der Waals surface area (Å²) >= 11 is 0. The van der Waals surface area contributed by atoms with Crippen molar-refractivity contribution in [2.75, 3.05) is 27.4 Å². The fourth-order valence-corrected chi connectivity index (χ4v) is 13.7. The standard InChI is InChI=1S/C41H66O6Si2/c1-31(2)32(25-28-46-49(39(6,7)8,33-19-15-13-16-20-33)34-21-17-14-18-22-34)29-35-36(47-48(11,12)38(3,4)5)23-27-41(35,42)40(30-45-40)26-24-37(43-9)44-10/h13-22,29,31,35-37,42H,23-28,30H2,1-12H3/b32-29+/t35-,36-,40-,41+/m0/s1. The molecule has 8 heteroatoms. The Hall–Kier alpha value is -1.63. The number of hydrogen-bond donors (Lipinski definition) is 1. The van der Waals surface area contributed by atoms with Gasteiger partial charge in [0, 0.05) is 33.2 Å². The molecule has 1 N–H and O–H groups in total. The van der Waals surface area contributed by atoms with E-state index in [1.165, 1.54) is 15.9 Å². The van der Waals surface area contributed by atoms with E-state index in [4.69, 9.17) is 23.1 Å². The van der Waals surface area contributed by atoms with Crippen LogP contribution in [0.15, 0.2) is 72.3 Å². The summed E-state index contributed by atoms with van der Waals surface area (Å²) in [5.41, 5.74) is -0.386. The van der Waals surface area contributed by atoms with Gasteiger partial charge in [-0.15, -0.1) is 0 Å². The topological polar surface area (TPSA) is 69.7 Å². The highest BCUT2D eigenvalue weighted by Crippen LogP contribution is 2.56. The fourth-order valence-electron chi connectivity index (χ4n) is 7.74. The number of aliphatic hydroxyl groups is 1. The molecule has 0 aromatic heterocycles. The van der Waals surface area contributed by atoms with Crippen LogP contribution in [0.1, 0.15) is 87.5 Å². The second-order valence-corrected chi connectivity index (χ2v) is 26.3. The highest BCUT2D eigenvalue weighted by atomic mass is 28.4. The van der Waals surface area contributed by atoms with Crippen molar-refractivity contribution in [3.8, 4) is 0 Å². The summed E-state index contributed by atoms with van der Waals surface area (Å²) in [6, 6.07) is 21.7. The average Bonchev–Trinajstić information content (AvgIpc) is 3.78. The Balaban J connectivity index is 1.71. The maximum absolute atomic E-state index is 12.8. The molecule has 274 valence electrons. The Morgan fingerprint density at radius 3 is 1.88 bits per heavy atom. The van der Waals surface area contributed by atoms with Gasteiger partial charge in [0.25, 0.3) is 8.32 Å². The number of benzene rings is 2. The zero-order valence-corrected chi connectivity index (χ0v) is 34.6. The maximum Gasteiger partial charge on any atom is 0.261 e. The Morgan fingerprint density at radius 1 is 0.918 bits per heavy atom. The third-order valence-electron chi connectivity index (χ3n) is 11.9. The van der Waals surface area contributed by atoms with Crippen LogP contribution in [0.2, 0.25) is 23.2 Å². The molecular weight excluding hydrogens is 645 g/mol. The lowest BCUT2D eigenvalue weighted by Gasteiger charge is -2.43. The molecule has 0 bridgehead atoms. The number of rotatable bonds is 16. The van der Waals surface area contributed by atoms with E-state index in [9.17, 15) is 5.11 Å². The van der Waals surface area contributed by atoms with Crippen LogP contribution in [0.3, 0.4) is 0 Å². The molecule has 1 aliphatic carbocycles. The van der Waals surface area contributed by atoms with Crippen LogP contribution < -0.4 is 10.4 Å². The van der Waals surface area contributed by atoms with Crippen LogP contribution >= 0.6 is 0 Å². The lowest BCUT2D eigenvalue weighted by atomic mass is 9.75. The third-order valence-corrected chi connectivity index (χ3v) is 21.4. The van der Waals surface area contributed by atoms with E-state index in [0.717, 1.165) is 12.8 Å². The minimum atomic E-state index is -2.68. The summed E-state index contributed by atoms with van der Waals surface area (Å²) in [6.07, 6.45) is 5.51. The van der Waals surface area contributed by atoms with Gasteiger partial charge < -0.3 is 28.2 Å². The minimum absolute atomic E-state index is 0.0599. The lowest BCUT2D eigenvalue weighted by Crippen LogP contribution is -2.66. The molecule has 49 heavy (non-hydrogen) atoms. The monoisotopic (exact) mass is 710 g/mol. The summed E-state index contributed by atoms with van der Waals surface area (Å²) in [5.74, 6) is 0.0847. The Bertz CT molecular complexity index is 1320. The Kier molecular flexibility index (Phi) is 12.7. The summed E-state index contributed by atoms with van der Waals surface area (Å²) < 4.78 is 31.8. The van der Waals surface area contributed by atoms with Gasteiger partial charge in [-0.2, -0.15) is 0 Å². The number of ether oxygens (including phenoxy) is 3. The molecule has 2 fully saturated rings. The van der Waals surface area contributed by atoms with E-state index in [1.807, 2.05) is 0 Å². The smallest absolute Gasteiger partial charge is 0.261 e. The number of methoxy groups -OCH3 is 2. The van der Waals surface area contributed by atoms with Crippen LogP contribution in [0, 0.1) is 11.8 Å². The van der Waals surface area contributed by atoms with Gasteiger partial charge in [0.1, 0.15) is 11.2 Å². The van der Waals surface area contributed by atoms with Gasteiger partial charge in [0.2, 0.25) is 0 Å². The van der Waals surface area contributed by atoms with Crippen molar-refractivity contribution >= 4 is 27.0 Å². The molecule has 0 radical (unpaired) electrons. The van der Waals surface area contributed by atoms with Crippen LogP contribution in [0.25, 0.3) is 0 Å². The first kappa shape index (κ1) is 40.1. The zero-order chi connectivity index (χ0) is 36.3. The van der Waals surface area contributed by atoms with Crippen molar-refractivity contribution in [3.05, 3.63) is 72.3 Å². The molecule has 0 spiro atoms. The van der Waals surface area contributed by atoms with Gasteiger partial charge in [0.05, 0.1) is 12.7 Å². The highest BCUT2D eigenvalue weighted by Gasteiger charge is 2.67. The minimum Gasteiger partial charge on any atom is -0.413 e. The van der Waals surface area contributed by atoms with Gasteiger partial charge in [-0.1, -0.05) is 128 Å². The van der Waals surface area contributed by atoms with E-state index in [-0.39, 0.29) is 34.3 Å². The lowest BCUT2D eigenvalue weighted by molar-refractivity contribution is -0.121. The van der Waals surface area contributed by atoms with E-state index in [1.54, 1.807) is 14.2 Å². The first-order valence-electron chi connectivity index (χ1n) is 18.4. The third kappa shape index (κ3) is 8.38. The van der Waals surface area contributed by atoms with Crippen LogP contribution in [-0.2, 0) is 23.1 Å². The molecule has 2 aliphatic rings. The number of hydrogen-bond acceptors (Lipinski definition) is 6. The first-order valence-corrected chi connectivity index (χ1v) is 23.2. The van der Waals surface area contributed by atoms with E-state index in [2.05, 4.69) is 135 Å². The van der Waals surface area contributed by atoms with Crippen molar-refractivity contribution in [2.45, 2.75) is 134 Å². The molecule has 1 aliphatic heterocycles. The fraction of sp³-hybridized carbons (Fsp3) is 0.659. The molecule has 4 rings (SSSR count). The predicted molar refractivity (Wildman–Crippen MR) is 207 cm³/mol. The summed E-state index contributed by atoms with van der Waals surface area (Å²) in [7, 11) is -1.48. The molecule has 1 saturated carbocycles. The van der Waals surface area contributed by atoms with Crippen molar-refractivity contribution in [1.82, 2.24) is 0 Å². The van der Waals surface area contributed by atoms with E-state index < -0.39 is 27.8 Å². The van der Waals surface area contributed by atoms with Crippen LogP contribution in [0.4, 0.5) is 0 Å². The van der Waals surface area contributed by atoms with Crippen molar-refractivity contribution in [3.63, 3.8) is 0 Å². The van der Waals surface area contributed by atoms with Crippen LogP contribution in [-0.4, -0.2) is 72.8 Å². The molecule has 4 atom stereocenters. The molecule has 0 unspecified atom stereocenters. The van der Waals surface area contributed by atoms with Gasteiger partial charge >= 0.3 is 0 Å². The molecule has 1 saturated heterocycles. The van der Waals surface area contributed by atoms with Gasteiger partial charge in [0.15, 0.2) is 14.6 Å². The van der Waals surface area contributed by atoms with Crippen molar-refractivity contribution < 1.29 is 28.2 Å². The maximum atomic E-state index is 12.8. The molecule has 2 aromatic rings. The molecule has 2 aromatic carbocycles. The molecule has 1 heterocycles. The summed E-state index contributed by atoms with van der Waals surface area (Å²) in [5, 5.41) is 15.4. The number of epoxide rings is 1. The summed E-state index contributed by atoms with van der Waals surface area (Å²) in [4.78, 5) is 0. The highest BCUT2D eigenvalue weighted by molar-refractivity contribution is 6.99. The Morgan fingerprint density at radius 2 is 1.45 bits per heavy atom. The van der Waals surface area contributed by atoms with E-state index in [0.29, 0.717) is 32.5 Å². The van der Waals surface area contributed by atoms with E-state index >= 15 is 0 Å². The van der Waals surface area contributed by atoms with Gasteiger partial charge in [-0.3, -0.25) is 0 Å². The van der Waals surface area contributed by atoms with Crippen LogP contribution in [0.5, 0.6) is 0 Å². The second-order valence-electron chi connectivity index (χ2n) is 17.3. The van der Waals surface area contributed by atoms with Gasteiger partial charge in [-0.05, 0) is 65.1 Å². The Labute approximate surface area is 300 Å². The van der Waals surface area contributed by atoms with Crippen molar-refractivity contribution in [2.24, 2.45) is 11.8 Å². The predicted octanol–water partition coefficient (Wildman–Crippen LogP) is 8.24. The van der Waals surface area contributed by atoms with Gasteiger partial charge in [-0.25, -0.2) is 0 Å². The molecular formula is C41H66O6Si2. The summed E-state index contributed by atoms with van der Waals surface area (Å²) in [6.45, 7) is 24.1. The zero-order valence-electron chi connectivity index (χ0n) is 32.6.